The normalized spacial score (nSPS) is 10.1. The van der Waals surface area contributed by atoms with E-state index in [2.05, 4.69) is 5.32 Å². The van der Waals surface area contributed by atoms with Crippen LogP contribution in [-0.4, -0.2) is 11.0 Å². The predicted molar refractivity (Wildman–Crippen MR) is 72.2 cm³/mol. The highest BCUT2D eigenvalue weighted by atomic mass is 35.5. The number of carbonyl (C=O) groups excluding carboxylic acids is 1. The van der Waals surface area contributed by atoms with E-state index in [1.165, 1.54) is 0 Å². The summed E-state index contributed by atoms with van der Waals surface area (Å²) >= 11 is 5.96. The molecule has 1 amide bonds. The van der Waals surface area contributed by atoms with E-state index in [1.807, 2.05) is 0 Å². The molecular formula is C14H12ClNO2. The van der Waals surface area contributed by atoms with Crippen molar-refractivity contribution in [3.8, 4) is 5.75 Å². The third-order valence-electron chi connectivity index (χ3n) is 2.67. The number of halogens is 1. The fourth-order valence-electron chi connectivity index (χ4n) is 1.62. The topological polar surface area (TPSA) is 49.3 Å². The molecule has 0 saturated carbocycles. The van der Waals surface area contributed by atoms with Crippen LogP contribution in [0.3, 0.4) is 0 Å². The Morgan fingerprint density at radius 1 is 1.17 bits per heavy atom. The fraction of sp³-hybridized carbons (Fsp3) is 0.0714. The highest BCUT2D eigenvalue weighted by Crippen LogP contribution is 2.24. The maximum atomic E-state index is 12.1. The van der Waals surface area contributed by atoms with Gasteiger partial charge in [0.25, 0.3) is 5.91 Å². The number of hydrogen-bond acceptors (Lipinski definition) is 2. The van der Waals surface area contributed by atoms with Gasteiger partial charge in [0.05, 0.1) is 10.7 Å². The molecular weight excluding hydrogens is 250 g/mol. The molecule has 0 bridgehead atoms. The van der Waals surface area contributed by atoms with Crippen LogP contribution in [0.25, 0.3) is 0 Å². The van der Waals surface area contributed by atoms with Crippen molar-refractivity contribution in [2.24, 2.45) is 0 Å². The second-order valence-corrected chi connectivity index (χ2v) is 4.29. The van der Waals surface area contributed by atoms with Crippen molar-refractivity contribution in [3.05, 3.63) is 58.6 Å². The van der Waals surface area contributed by atoms with E-state index >= 15 is 0 Å². The number of rotatable bonds is 2. The van der Waals surface area contributed by atoms with Gasteiger partial charge in [-0.05, 0) is 31.2 Å². The molecule has 18 heavy (non-hydrogen) atoms. The number of amides is 1. The Morgan fingerprint density at radius 2 is 1.89 bits per heavy atom. The van der Waals surface area contributed by atoms with Crippen LogP contribution < -0.4 is 5.32 Å². The van der Waals surface area contributed by atoms with E-state index in [-0.39, 0.29) is 11.7 Å². The van der Waals surface area contributed by atoms with E-state index in [4.69, 9.17) is 11.6 Å². The molecule has 2 N–H and O–H groups in total. The maximum absolute atomic E-state index is 12.1. The molecule has 0 atom stereocenters. The Kier molecular flexibility index (Phi) is 3.53. The minimum atomic E-state index is -0.295. The predicted octanol–water partition coefficient (Wildman–Crippen LogP) is 3.61. The molecule has 92 valence electrons. The molecule has 3 nitrogen and oxygen atoms in total. The summed E-state index contributed by atoms with van der Waals surface area (Å²) in [6.07, 6.45) is 0. The Morgan fingerprint density at radius 3 is 2.61 bits per heavy atom. The van der Waals surface area contributed by atoms with Gasteiger partial charge < -0.3 is 10.4 Å². The number of anilines is 1. The van der Waals surface area contributed by atoms with Crippen LogP contribution in [0.4, 0.5) is 5.69 Å². The van der Waals surface area contributed by atoms with Crippen molar-refractivity contribution < 1.29 is 9.90 Å². The lowest BCUT2D eigenvalue weighted by Gasteiger charge is -2.09. The Balaban J connectivity index is 2.28. The minimum Gasteiger partial charge on any atom is -0.508 e. The number of nitrogens with one attached hydrogen (secondary N) is 1. The van der Waals surface area contributed by atoms with Gasteiger partial charge in [-0.1, -0.05) is 29.8 Å². The Labute approximate surface area is 110 Å². The first kappa shape index (κ1) is 12.5. The monoisotopic (exact) mass is 261 g/mol. The Hall–Kier alpha value is -2.00. The van der Waals surface area contributed by atoms with Gasteiger partial charge in [-0.15, -0.1) is 0 Å². The summed E-state index contributed by atoms with van der Waals surface area (Å²) in [6, 6.07) is 11.8. The van der Waals surface area contributed by atoms with Gasteiger partial charge in [0.2, 0.25) is 0 Å². The average molecular weight is 262 g/mol. The summed E-state index contributed by atoms with van der Waals surface area (Å²) in [6.45, 7) is 1.69. The smallest absolute Gasteiger partial charge is 0.256 e. The van der Waals surface area contributed by atoms with Crippen molar-refractivity contribution in [2.75, 3.05) is 5.32 Å². The quantitative estimate of drug-likeness (QED) is 0.868. The average Bonchev–Trinajstić information content (AvgIpc) is 2.35. The molecule has 2 aromatic rings. The first-order valence-corrected chi connectivity index (χ1v) is 5.82. The summed E-state index contributed by atoms with van der Waals surface area (Å²) < 4.78 is 0. The van der Waals surface area contributed by atoms with Gasteiger partial charge in [-0.2, -0.15) is 0 Å². The van der Waals surface area contributed by atoms with Crippen LogP contribution in [0, 0.1) is 6.92 Å². The molecule has 0 radical (unpaired) electrons. The lowest BCUT2D eigenvalue weighted by atomic mass is 10.1. The molecule has 0 heterocycles. The van der Waals surface area contributed by atoms with Crippen molar-refractivity contribution in [3.63, 3.8) is 0 Å². The number of phenolic OH excluding ortho intramolecular Hbond substituents is 1. The molecule has 2 aromatic carbocycles. The van der Waals surface area contributed by atoms with Gasteiger partial charge in [0, 0.05) is 11.1 Å². The number of benzene rings is 2. The second-order valence-electron chi connectivity index (χ2n) is 3.88. The van der Waals surface area contributed by atoms with Crippen molar-refractivity contribution in [2.45, 2.75) is 6.92 Å². The minimum absolute atomic E-state index is 0.0989. The van der Waals surface area contributed by atoms with Crippen LogP contribution in [0.2, 0.25) is 5.02 Å². The van der Waals surface area contributed by atoms with E-state index in [0.29, 0.717) is 21.8 Å². The molecule has 0 aromatic heterocycles. The van der Waals surface area contributed by atoms with Crippen molar-refractivity contribution >= 4 is 23.2 Å². The van der Waals surface area contributed by atoms with E-state index in [0.717, 1.165) is 0 Å². The van der Waals surface area contributed by atoms with Crippen molar-refractivity contribution in [1.29, 1.82) is 0 Å². The highest BCUT2D eigenvalue weighted by Gasteiger charge is 2.12. The third-order valence-corrected chi connectivity index (χ3v) is 3.00. The summed E-state index contributed by atoms with van der Waals surface area (Å²) in [7, 11) is 0. The lowest BCUT2D eigenvalue weighted by molar-refractivity contribution is 0.102. The molecule has 0 aliphatic carbocycles. The summed E-state index contributed by atoms with van der Waals surface area (Å²) in [5.74, 6) is -0.196. The summed E-state index contributed by atoms with van der Waals surface area (Å²) in [5, 5.41) is 12.8. The van der Waals surface area contributed by atoms with Gasteiger partial charge in [-0.3, -0.25) is 4.79 Å². The van der Waals surface area contributed by atoms with Crippen LogP contribution in [0.1, 0.15) is 15.9 Å². The lowest BCUT2D eigenvalue weighted by Crippen LogP contribution is -2.13. The highest BCUT2D eigenvalue weighted by molar-refractivity contribution is 6.33. The molecule has 0 aliphatic heterocycles. The number of hydrogen-bond donors (Lipinski definition) is 2. The summed E-state index contributed by atoms with van der Waals surface area (Å²) in [5.41, 5.74) is 1.52. The van der Waals surface area contributed by atoms with E-state index < -0.39 is 0 Å². The number of aromatic hydroxyl groups is 1. The zero-order valence-electron chi connectivity index (χ0n) is 9.77. The number of carbonyl (C=O) groups is 1. The first-order valence-electron chi connectivity index (χ1n) is 5.44. The molecule has 0 fully saturated rings. The van der Waals surface area contributed by atoms with Crippen LogP contribution in [-0.2, 0) is 0 Å². The molecule has 0 spiro atoms. The standard InChI is InChI=1S/C14H12ClNO2/c1-9-10(5-4-8-13(9)17)14(18)16-12-7-3-2-6-11(12)15/h2-8,17H,1H3,(H,16,18). The fourth-order valence-corrected chi connectivity index (χ4v) is 1.80. The number of para-hydroxylation sites is 1. The maximum Gasteiger partial charge on any atom is 0.256 e. The third kappa shape index (κ3) is 2.46. The van der Waals surface area contributed by atoms with Gasteiger partial charge in [0.15, 0.2) is 0 Å². The first-order chi connectivity index (χ1) is 8.59. The molecule has 0 unspecified atom stereocenters. The van der Waals surface area contributed by atoms with E-state index in [1.54, 1.807) is 49.4 Å². The van der Waals surface area contributed by atoms with Gasteiger partial charge >= 0.3 is 0 Å². The largest absolute Gasteiger partial charge is 0.508 e. The zero-order chi connectivity index (χ0) is 13.1. The zero-order valence-corrected chi connectivity index (χ0v) is 10.5. The van der Waals surface area contributed by atoms with Crippen LogP contribution in [0.15, 0.2) is 42.5 Å². The molecule has 4 heteroatoms. The van der Waals surface area contributed by atoms with Gasteiger partial charge in [0.1, 0.15) is 5.75 Å². The van der Waals surface area contributed by atoms with E-state index in [9.17, 15) is 9.90 Å². The molecule has 2 rings (SSSR count). The SMILES string of the molecule is Cc1c(O)cccc1C(=O)Nc1ccccc1Cl. The summed E-state index contributed by atoms with van der Waals surface area (Å²) in [4.78, 5) is 12.1. The number of phenols is 1. The Bertz CT molecular complexity index is 596. The molecule has 0 saturated heterocycles. The van der Waals surface area contributed by atoms with Crippen molar-refractivity contribution in [1.82, 2.24) is 0 Å². The van der Waals surface area contributed by atoms with Gasteiger partial charge in [-0.25, -0.2) is 0 Å². The second kappa shape index (κ2) is 5.10. The van der Waals surface area contributed by atoms with Crippen LogP contribution >= 0.6 is 11.6 Å². The molecule has 0 aliphatic rings. The van der Waals surface area contributed by atoms with Crippen LogP contribution in [0.5, 0.6) is 5.75 Å².